The van der Waals surface area contributed by atoms with Gasteiger partial charge in [-0.05, 0) is 32.1 Å². The normalized spacial score (nSPS) is 29.0. The summed E-state index contributed by atoms with van der Waals surface area (Å²) in [6.45, 7) is 3.75. The highest BCUT2D eigenvalue weighted by Gasteiger charge is 2.40. The zero-order valence-corrected chi connectivity index (χ0v) is 12.2. The van der Waals surface area contributed by atoms with Crippen molar-refractivity contribution in [2.24, 2.45) is 0 Å². The molecule has 5 heteroatoms. The van der Waals surface area contributed by atoms with E-state index in [0.717, 1.165) is 45.3 Å². The quantitative estimate of drug-likeness (QED) is 0.860. The second-order valence-electron chi connectivity index (χ2n) is 6.32. The van der Waals surface area contributed by atoms with Crippen molar-refractivity contribution in [2.45, 2.75) is 56.7 Å². The maximum absolute atomic E-state index is 12.2. The molecule has 1 atom stereocenters. The predicted octanol–water partition coefficient (Wildman–Crippen LogP) is 1.91. The minimum absolute atomic E-state index is 0.0375. The largest absolute Gasteiger partial charge is 0.378 e. The molecule has 0 radical (unpaired) electrons. The first-order valence-electron chi connectivity index (χ1n) is 8.06. The van der Waals surface area contributed by atoms with Crippen LogP contribution in [0.5, 0.6) is 0 Å². The number of hydrogen-bond acceptors (Lipinski definition) is 3. The second-order valence-corrected chi connectivity index (χ2v) is 6.32. The van der Waals surface area contributed by atoms with Gasteiger partial charge in [0.05, 0.1) is 24.9 Å². The Labute approximate surface area is 121 Å². The molecule has 0 aromatic carbocycles. The van der Waals surface area contributed by atoms with Gasteiger partial charge in [0.2, 0.25) is 0 Å². The number of hydrogen-bond donors (Lipinski definition) is 1. The van der Waals surface area contributed by atoms with Crippen LogP contribution in [0.2, 0.25) is 0 Å². The van der Waals surface area contributed by atoms with Gasteiger partial charge in [-0.15, -0.1) is 0 Å². The highest BCUT2D eigenvalue weighted by molar-refractivity contribution is 5.74. The van der Waals surface area contributed by atoms with E-state index in [0.29, 0.717) is 25.8 Å². The first-order chi connectivity index (χ1) is 9.77. The molecule has 20 heavy (non-hydrogen) atoms. The lowest BCUT2D eigenvalue weighted by molar-refractivity contribution is -0.0925. The summed E-state index contributed by atoms with van der Waals surface area (Å²) < 4.78 is 11.5. The van der Waals surface area contributed by atoms with Crippen LogP contribution in [0.4, 0.5) is 4.79 Å². The van der Waals surface area contributed by atoms with Crippen molar-refractivity contribution in [3.05, 3.63) is 0 Å². The van der Waals surface area contributed by atoms with E-state index < -0.39 is 0 Å². The Morgan fingerprint density at radius 3 is 2.85 bits per heavy atom. The summed E-state index contributed by atoms with van der Waals surface area (Å²) >= 11 is 0. The average Bonchev–Trinajstić information content (AvgIpc) is 3.11. The molecule has 1 spiro atoms. The van der Waals surface area contributed by atoms with Crippen LogP contribution < -0.4 is 5.32 Å². The molecule has 0 aromatic heterocycles. The van der Waals surface area contributed by atoms with Crippen molar-refractivity contribution in [2.75, 3.05) is 32.8 Å². The summed E-state index contributed by atoms with van der Waals surface area (Å²) in [7, 11) is 0. The van der Waals surface area contributed by atoms with E-state index in [1.54, 1.807) is 0 Å². The third-order valence-electron chi connectivity index (χ3n) is 4.82. The molecule has 1 saturated carbocycles. The highest BCUT2D eigenvalue weighted by Crippen LogP contribution is 2.35. The molecular weight excluding hydrogens is 256 g/mol. The minimum atomic E-state index is -0.0375. The number of morpholine rings is 1. The van der Waals surface area contributed by atoms with Gasteiger partial charge in [0.1, 0.15) is 0 Å². The van der Waals surface area contributed by atoms with Gasteiger partial charge in [0, 0.05) is 19.7 Å². The molecule has 0 aromatic rings. The molecule has 0 bridgehead atoms. The van der Waals surface area contributed by atoms with Crippen LogP contribution in [0.25, 0.3) is 0 Å². The van der Waals surface area contributed by atoms with Crippen LogP contribution in [-0.4, -0.2) is 55.5 Å². The average molecular weight is 282 g/mol. The smallest absolute Gasteiger partial charge is 0.317 e. The van der Waals surface area contributed by atoms with Gasteiger partial charge in [-0.3, -0.25) is 0 Å². The minimum Gasteiger partial charge on any atom is -0.378 e. The third-order valence-corrected chi connectivity index (χ3v) is 4.82. The summed E-state index contributed by atoms with van der Waals surface area (Å²) in [6.07, 6.45) is 8.24. The van der Waals surface area contributed by atoms with Crippen molar-refractivity contribution < 1.29 is 14.3 Å². The van der Waals surface area contributed by atoms with Gasteiger partial charge in [-0.25, -0.2) is 4.79 Å². The van der Waals surface area contributed by atoms with Crippen LogP contribution in [0.3, 0.4) is 0 Å². The first-order valence-corrected chi connectivity index (χ1v) is 8.06. The Kier molecular flexibility index (Phi) is 4.46. The molecule has 3 aliphatic rings. The molecule has 1 aliphatic carbocycles. The van der Waals surface area contributed by atoms with Crippen LogP contribution in [0.15, 0.2) is 0 Å². The Morgan fingerprint density at radius 2 is 2.10 bits per heavy atom. The number of carbonyl (C=O) groups is 1. The van der Waals surface area contributed by atoms with Gasteiger partial charge in [-0.2, -0.15) is 0 Å². The molecular formula is C15H26N2O3. The Morgan fingerprint density at radius 1 is 1.25 bits per heavy atom. The standard InChI is InChI=1S/C15H26N2O3/c18-14(16-8-5-13-4-3-10-19-13)17-9-11-20-15(12-17)6-1-2-7-15/h13H,1-12H2,(H,16,18). The zero-order chi connectivity index (χ0) is 13.8. The fraction of sp³-hybridized carbons (Fsp3) is 0.933. The highest BCUT2D eigenvalue weighted by atomic mass is 16.5. The van der Waals surface area contributed by atoms with Crippen molar-refractivity contribution in [3.63, 3.8) is 0 Å². The molecule has 3 rings (SSSR count). The number of amides is 2. The molecule has 2 heterocycles. The molecule has 3 fully saturated rings. The molecule has 2 saturated heterocycles. The van der Waals surface area contributed by atoms with Gasteiger partial charge < -0.3 is 19.7 Å². The van der Waals surface area contributed by atoms with E-state index in [1.165, 1.54) is 12.8 Å². The summed E-state index contributed by atoms with van der Waals surface area (Å²) in [5.74, 6) is 0. The van der Waals surface area contributed by atoms with E-state index in [1.807, 2.05) is 4.90 Å². The molecule has 5 nitrogen and oxygen atoms in total. The molecule has 114 valence electrons. The van der Waals surface area contributed by atoms with Crippen molar-refractivity contribution in [1.82, 2.24) is 10.2 Å². The monoisotopic (exact) mass is 282 g/mol. The fourth-order valence-corrected chi connectivity index (χ4v) is 3.66. The maximum atomic E-state index is 12.2. The third kappa shape index (κ3) is 3.26. The first kappa shape index (κ1) is 14.1. The van der Waals surface area contributed by atoms with Gasteiger partial charge >= 0.3 is 6.03 Å². The lowest BCUT2D eigenvalue weighted by atomic mass is 10.00. The molecule has 2 amide bonds. The summed E-state index contributed by atoms with van der Waals surface area (Å²) in [4.78, 5) is 14.2. The van der Waals surface area contributed by atoms with Crippen molar-refractivity contribution in [1.29, 1.82) is 0 Å². The fourth-order valence-electron chi connectivity index (χ4n) is 3.66. The lowest BCUT2D eigenvalue weighted by Crippen LogP contribution is -2.55. The van der Waals surface area contributed by atoms with E-state index in [9.17, 15) is 4.79 Å². The second kappa shape index (κ2) is 6.31. The van der Waals surface area contributed by atoms with E-state index in [-0.39, 0.29) is 11.6 Å². The number of urea groups is 1. The van der Waals surface area contributed by atoms with Gasteiger partial charge in [0.25, 0.3) is 0 Å². The van der Waals surface area contributed by atoms with Gasteiger partial charge in [-0.1, -0.05) is 12.8 Å². The number of ether oxygens (including phenoxy) is 2. The topological polar surface area (TPSA) is 50.8 Å². The van der Waals surface area contributed by atoms with Crippen LogP contribution in [-0.2, 0) is 9.47 Å². The predicted molar refractivity (Wildman–Crippen MR) is 75.7 cm³/mol. The lowest BCUT2D eigenvalue weighted by Gasteiger charge is -2.40. The molecule has 1 N–H and O–H groups in total. The Hall–Kier alpha value is -0.810. The number of nitrogens with zero attached hydrogens (tertiary/aromatic N) is 1. The van der Waals surface area contributed by atoms with Crippen LogP contribution in [0, 0.1) is 0 Å². The number of carbonyl (C=O) groups excluding carboxylic acids is 1. The molecule has 2 aliphatic heterocycles. The maximum Gasteiger partial charge on any atom is 0.317 e. The van der Waals surface area contributed by atoms with Crippen molar-refractivity contribution in [3.8, 4) is 0 Å². The van der Waals surface area contributed by atoms with E-state index in [4.69, 9.17) is 9.47 Å². The summed E-state index contributed by atoms with van der Waals surface area (Å²) in [6, 6.07) is 0.0672. The Bertz CT molecular complexity index is 336. The van der Waals surface area contributed by atoms with Gasteiger partial charge in [0.15, 0.2) is 0 Å². The number of rotatable bonds is 3. The van der Waals surface area contributed by atoms with Crippen molar-refractivity contribution >= 4 is 6.03 Å². The summed E-state index contributed by atoms with van der Waals surface area (Å²) in [5, 5.41) is 3.04. The zero-order valence-electron chi connectivity index (χ0n) is 12.2. The van der Waals surface area contributed by atoms with E-state index in [2.05, 4.69) is 5.32 Å². The summed E-state index contributed by atoms with van der Waals surface area (Å²) in [5.41, 5.74) is -0.0375. The van der Waals surface area contributed by atoms with Crippen LogP contribution >= 0.6 is 0 Å². The SMILES string of the molecule is O=C(NCCC1CCCO1)N1CCOC2(CCCC2)C1. The van der Waals surface area contributed by atoms with E-state index >= 15 is 0 Å². The number of nitrogens with one attached hydrogen (secondary N) is 1. The molecule has 1 unspecified atom stereocenters. The van der Waals surface area contributed by atoms with Crippen LogP contribution in [0.1, 0.15) is 44.9 Å². The Balaban J connectivity index is 1.42.